The van der Waals surface area contributed by atoms with Gasteiger partial charge in [0.05, 0.1) is 19.5 Å². The number of fused-ring (bicyclic) bond motifs is 1. The standard InChI is InChI=1S/C9H11ClN4O2/c1-16-7-4-14-6(3-12-7)13-8(9(14)10)5(15)2-11/h3-5,15H,2,11H2,1H3. The number of hydrogen-bond acceptors (Lipinski definition) is 5. The van der Waals surface area contributed by atoms with Gasteiger partial charge in [0.2, 0.25) is 5.88 Å². The molecule has 0 aromatic carbocycles. The van der Waals surface area contributed by atoms with Gasteiger partial charge in [-0.3, -0.25) is 4.40 Å². The van der Waals surface area contributed by atoms with Gasteiger partial charge in [-0.25, -0.2) is 9.97 Å². The smallest absolute Gasteiger partial charge is 0.230 e. The van der Waals surface area contributed by atoms with Crippen molar-refractivity contribution in [2.24, 2.45) is 5.73 Å². The Bertz CT molecular complexity index is 513. The summed E-state index contributed by atoms with van der Waals surface area (Å²) < 4.78 is 6.55. The predicted octanol–water partition coefficient (Wildman–Crippen LogP) is 0.383. The minimum absolute atomic E-state index is 0.0637. The van der Waals surface area contributed by atoms with E-state index in [1.807, 2.05) is 0 Å². The average molecular weight is 243 g/mol. The third kappa shape index (κ3) is 1.71. The molecule has 2 heterocycles. The lowest BCUT2D eigenvalue weighted by molar-refractivity contribution is 0.182. The first kappa shape index (κ1) is 11.1. The Kier molecular flexibility index (Phi) is 2.95. The highest BCUT2D eigenvalue weighted by atomic mass is 35.5. The summed E-state index contributed by atoms with van der Waals surface area (Å²) in [6.45, 7) is 0.0637. The van der Waals surface area contributed by atoms with Crippen LogP contribution in [0.1, 0.15) is 11.8 Å². The lowest BCUT2D eigenvalue weighted by atomic mass is 10.3. The average Bonchev–Trinajstić information content (AvgIpc) is 2.65. The number of nitrogens with two attached hydrogens (primary N) is 1. The van der Waals surface area contributed by atoms with Crippen LogP contribution in [0, 0.1) is 0 Å². The first-order valence-electron chi connectivity index (χ1n) is 4.63. The van der Waals surface area contributed by atoms with Crippen molar-refractivity contribution in [3.05, 3.63) is 23.2 Å². The van der Waals surface area contributed by atoms with Gasteiger partial charge < -0.3 is 15.6 Å². The first-order valence-corrected chi connectivity index (χ1v) is 5.00. The van der Waals surface area contributed by atoms with Crippen molar-refractivity contribution >= 4 is 17.2 Å². The van der Waals surface area contributed by atoms with Crippen LogP contribution < -0.4 is 10.5 Å². The fourth-order valence-electron chi connectivity index (χ4n) is 1.36. The molecule has 0 amide bonds. The summed E-state index contributed by atoms with van der Waals surface area (Å²) in [6, 6.07) is 0. The number of imidazole rings is 1. The zero-order valence-corrected chi connectivity index (χ0v) is 9.35. The molecule has 0 spiro atoms. The molecule has 0 saturated heterocycles. The zero-order chi connectivity index (χ0) is 11.7. The molecule has 2 aromatic rings. The number of methoxy groups -OCH3 is 1. The van der Waals surface area contributed by atoms with Gasteiger partial charge in [0.1, 0.15) is 17.0 Å². The lowest BCUT2D eigenvalue weighted by Crippen LogP contribution is -2.12. The molecule has 0 fully saturated rings. The van der Waals surface area contributed by atoms with E-state index in [2.05, 4.69) is 9.97 Å². The molecule has 0 radical (unpaired) electrons. The van der Waals surface area contributed by atoms with Crippen LogP contribution in [-0.2, 0) is 0 Å². The van der Waals surface area contributed by atoms with Gasteiger partial charge in [-0.2, -0.15) is 0 Å². The monoisotopic (exact) mass is 242 g/mol. The summed E-state index contributed by atoms with van der Waals surface area (Å²) in [4.78, 5) is 8.13. The molecule has 7 heteroatoms. The molecule has 16 heavy (non-hydrogen) atoms. The Labute approximate surface area is 96.6 Å². The molecule has 1 unspecified atom stereocenters. The number of rotatable bonds is 3. The minimum Gasteiger partial charge on any atom is -0.480 e. The second-order valence-electron chi connectivity index (χ2n) is 3.20. The van der Waals surface area contributed by atoms with Gasteiger partial charge in [0.25, 0.3) is 0 Å². The molecule has 86 valence electrons. The van der Waals surface area contributed by atoms with Crippen LogP contribution in [0.25, 0.3) is 5.65 Å². The molecule has 0 saturated carbocycles. The molecule has 0 aliphatic carbocycles. The molecule has 2 aromatic heterocycles. The fourth-order valence-corrected chi connectivity index (χ4v) is 1.66. The van der Waals surface area contributed by atoms with Gasteiger partial charge in [0, 0.05) is 6.54 Å². The van der Waals surface area contributed by atoms with E-state index >= 15 is 0 Å². The van der Waals surface area contributed by atoms with Crippen LogP contribution in [0.2, 0.25) is 5.15 Å². The van der Waals surface area contributed by atoms with Crippen LogP contribution in [0.3, 0.4) is 0 Å². The van der Waals surface area contributed by atoms with Gasteiger partial charge in [-0.1, -0.05) is 11.6 Å². The maximum absolute atomic E-state index is 9.60. The number of aliphatic hydroxyl groups is 1. The van der Waals surface area contributed by atoms with Crippen molar-refractivity contribution in [2.45, 2.75) is 6.10 Å². The Morgan fingerprint density at radius 3 is 3.06 bits per heavy atom. The van der Waals surface area contributed by atoms with Gasteiger partial charge >= 0.3 is 0 Å². The number of nitrogens with zero attached hydrogens (tertiary/aromatic N) is 3. The lowest BCUT2D eigenvalue weighted by Gasteiger charge is -2.03. The van der Waals surface area contributed by atoms with Crippen molar-refractivity contribution in [1.29, 1.82) is 0 Å². The van der Waals surface area contributed by atoms with E-state index in [0.717, 1.165) is 0 Å². The van der Waals surface area contributed by atoms with Crippen LogP contribution in [0.5, 0.6) is 5.88 Å². The van der Waals surface area contributed by atoms with Gasteiger partial charge in [-0.05, 0) is 0 Å². The summed E-state index contributed by atoms with van der Waals surface area (Å²) in [5.74, 6) is 0.417. The Morgan fingerprint density at radius 2 is 2.44 bits per heavy atom. The second kappa shape index (κ2) is 4.25. The summed E-state index contributed by atoms with van der Waals surface area (Å²) in [5.41, 5.74) is 6.23. The zero-order valence-electron chi connectivity index (χ0n) is 8.59. The molecule has 1 atom stereocenters. The normalized spacial score (nSPS) is 13.0. The van der Waals surface area contributed by atoms with Crippen LogP contribution in [-0.4, -0.2) is 33.1 Å². The van der Waals surface area contributed by atoms with E-state index in [1.165, 1.54) is 13.3 Å². The Hall–Kier alpha value is -1.37. The number of hydrogen-bond donors (Lipinski definition) is 2. The number of halogens is 1. The molecule has 6 nitrogen and oxygen atoms in total. The third-order valence-corrected chi connectivity index (χ3v) is 2.58. The molecular weight excluding hydrogens is 232 g/mol. The van der Waals surface area contributed by atoms with Crippen molar-refractivity contribution < 1.29 is 9.84 Å². The van der Waals surface area contributed by atoms with Crippen LogP contribution in [0.4, 0.5) is 0 Å². The van der Waals surface area contributed by atoms with E-state index in [4.69, 9.17) is 22.1 Å². The van der Waals surface area contributed by atoms with E-state index in [-0.39, 0.29) is 6.54 Å². The van der Waals surface area contributed by atoms with Gasteiger partial charge in [-0.15, -0.1) is 0 Å². The van der Waals surface area contributed by atoms with Crippen LogP contribution >= 0.6 is 11.6 Å². The van der Waals surface area contributed by atoms with E-state index in [0.29, 0.717) is 22.4 Å². The molecule has 0 bridgehead atoms. The summed E-state index contributed by atoms with van der Waals surface area (Å²) in [6.07, 6.45) is 2.23. The molecule has 3 N–H and O–H groups in total. The van der Waals surface area contributed by atoms with Crippen molar-refractivity contribution in [2.75, 3.05) is 13.7 Å². The third-order valence-electron chi connectivity index (χ3n) is 2.20. The molecule has 0 aliphatic heterocycles. The highest BCUT2D eigenvalue weighted by Gasteiger charge is 2.17. The minimum atomic E-state index is -0.876. The molecular formula is C9H11ClN4O2. The topological polar surface area (TPSA) is 85.7 Å². The Balaban J connectivity index is 2.59. The number of ether oxygens (including phenoxy) is 1. The highest BCUT2D eigenvalue weighted by Crippen LogP contribution is 2.24. The molecule has 0 aliphatic rings. The predicted molar refractivity (Wildman–Crippen MR) is 58.6 cm³/mol. The van der Waals surface area contributed by atoms with E-state index in [9.17, 15) is 5.11 Å². The van der Waals surface area contributed by atoms with E-state index < -0.39 is 6.10 Å². The van der Waals surface area contributed by atoms with Crippen molar-refractivity contribution in [1.82, 2.24) is 14.4 Å². The van der Waals surface area contributed by atoms with Crippen LogP contribution in [0.15, 0.2) is 12.4 Å². The van der Waals surface area contributed by atoms with Crippen molar-refractivity contribution in [3.8, 4) is 5.88 Å². The van der Waals surface area contributed by atoms with E-state index in [1.54, 1.807) is 10.6 Å². The largest absolute Gasteiger partial charge is 0.480 e. The summed E-state index contributed by atoms with van der Waals surface area (Å²) >= 11 is 6.06. The maximum atomic E-state index is 9.60. The maximum Gasteiger partial charge on any atom is 0.230 e. The second-order valence-corrected chi connectivity index (χ2v) is 3.56. The number of aliphatic hydroxyl groups excluding tert-OH is 1. The summed E-state index contributed by atoms with van der Waals surface area (Å²) in [7, 11) is 1.51. The first-order chi connectivity index (χ1) is 7.67. The van der Waals surface area contributed by atoms with Gasteiger partial charge in [0.15, 0.2) is 5.65 Å². The highest BCUT2D eigenvalue weighted by molar-refractivity contribution is 6.30. The van der Waals surface area contributed by atoms with Crippen molar-refractivity contribution in [3.63, 3.8) is 0 Å². The fraction of sp³-hybridized carbons (Fsp3) is 0.333. The molecule has 2 rings (SSSR count). The Morgan fingerprint density at radius 1 is 1.69 bits per heavy atom. The quantitative estimate of drug-likeness (QED) is 0.813. The SMILES string of the molecule is COc1cn2c(Cl)c(C(O)CN)nc2cn1. The summed E-state index contributed by atoms with van der Waals surface area (Å²) in [5, 5.41) is 9.91. The number of aromatic nitrogens is 3.